The van der Waals surface area contributed by atoms with Crippen LogP contribution in [0.15, 0.2) is 18.3 Å². The van der Waals surface area contributed by atoms with Crippen molar-refractivity contribution >= 4 is 11.9 Å². The molecule has 0 radical (unpaired) electrons. The normalized spacial score (nSPS) is 27.2. The van der Waals surface area contributed by atoms with E-state index >= 15 is 0 Å². The van der Waals surface area contributed by atoms with Crippen molar-refractivity contribution < 1.29 is 14.3 Å². The van der Waals surface area contributed by atoms with Crippen LogP contribution in [0.5, 0.6) is 0 Å². The van der Waals surface area contributed by atoms with Gasteiger partial charge in [-0.1, -0.05) is 0 Å². The van der Waals surface area contributed by atoms with Crippen LogP contribution < -0.4 is 10.2 Å². The second-order valence-electron chi connectivity index (χ2n) is 6.74. The van der Waals surface area contributed by atoms with Gasteiger partial charge in [0.1, 0.15) is 11.4 Å². The molecular formula is C17H23N3O3. The van der Waals surface area contributed by atoms with E-state index in [0.29, 0.717) is 31.5 Å². The first-order valence-corrected chi connectivity index (χ1v) is 8.51. The first-order valence-electron chi connectivity index (χ1n) is 8.51. The van der Waals surface area contributed by atoms with Crippen molar-refractivity contribution in [2.24, 2.45) is 0 Å². The molecule has 0 aliphatic carbocycles. The van der Waals surface area contributed by atoms with Gasteiger partial charge in [-0.2, -0.15) is 0 Å². The average Bonchev–Trinajstić information content (AvgIpc) is 2.92. The van der Waals surface area contributed by atoms with Gasteiger partial charge >= 0.3 is 6.09 Å². The fraction of sp³-hybridized carbons (Fsp3) is 0.647. The fourth-order valence-corrected chi connectivity index (χ4v) is 3.78. The van der Waals surface area contributed by atoms with Crippen molar-refractivity contribution in [2.45, 2.75) is 37.2 Å². The van der Waals surface area contributed by atoms with Crippen LogP contribution in [0.3, 0.4) is 0 Å². The Morgan fingerprint density at radius 1 is 1.35 bits per heavy atom. The lowest BCUT2D eigenvalue weighted by Gasteiger charge is -2.30. The van der Waals surface area contributed by atoms with Crippen LogP contribution in [0.2, 0.25) is 0 Å². The molecule has 124 valence electrons. The molecule has 23 heavy (non-hydrogen) atoms. The molecule has 3 aliphatic rings. The van der Waals surface area contributed by atoms with Crippen molar-refractivity contribution in [3.8, 4) is 0 Å². The van der Waals surface area contributed by atoms with Gasteiger partial charge in [0.15, 0.2) is 0 Å². The first-order chi connectivity index (χ1) is 11.3. The van der Waals surface area contributed by atoms with Crippen LogP contribution in [-0.2, 0) is 9.47 Å². The Morgan fingerprint density at radius 3 is 3.00 bits per heavy atom. The molecule has 4 heterocycles. The largest absolute Gasteiger partial charge is 0.440 e. The summed E-state index contributed by atoms with van der Waals surface area (Å²) < 4.78 is 11.1. The van der Waals surface area contributed by atoms with E-state index in [9.17, 15) is 4.79 Å². The predicted octanol–water partition coefficient (Wildman–Crippen LogP) is 2.05. The molecule has 1 atom stereocenters. The lowest BCUT2D eigenvalue weighted by atomic mass is 9.92. The number of rotatable bonds is 2. The molecule has 3 fully saturated rings. The molecule has 1 spiro atoms. The predicted molar refractivity (Wildman–Crippen MR) is 85.7 cm³/mol. The summed E-state index contributed by atoms with van der Waals surface area (Å²) in [6, 6.07) is 4.12. The van der Waals surface area contributed by atoms with Crippen LogP contribution in [0, 0.1) is 0 Å². The molecule has 3 saturated heterocycles. The highest BCUT2D eigenvalue weighted by Crippen LogP contribution is 2.35. The van der Waals surface area contributed by atoms with Gasteiger partial charge in [0, 0.05) is 25.6 Å². The Kier molecular flexibility index (Phi) is 3.95. The highest BCUT2D eigenvalue weighted by Gasteiger charge is 2.47. The zero-order valence-electron chi connectivity index (χ0n) is 13.3. The number of pyridine rings is 1. The zero-order chi connectivity index (χ0) is 15.7. The fourth-order valence-electron chi connectivity index (χ4n) is 3.78. The summed E-state index contributed by atoms with van der Waals surface area (Å²) in [5.74, 6) is 1.21. The van der Waals surface area contributed by atoms with Crippen LogP contribution in [-0.4, -0.2) is 49.5 Å². The monoisotopic (exact) mass is 317 g/mol. The third kappa shape index (κ3) is 2.93. The Balaban J connectivity index is 1.54. The summed E-state index contributed by atoms with van der Waals surface area (Å²) in [6.07, 6.45) is 5.43. The van der Waals surface area contributed by atoms with Gasteiger partial charge < -0.3 is 14.8 Å². The third-order valence-corrected chi connectivity index (χ3v) is 5.19. The highest BCUT2D eigenvalue weighted by atomic mass is 16.6. The maximum atomic E-state index is 12.3. The number of piperidine rings is 1. The van der Waals surface area contributed by atoms with Crippen molar-refractivity contribution in [3.05, 3.63) is 23.9 Å². The average molecular weight is 317 g/mol. The number of ether oxygens (including phenoxy) is 2. The van der Waals surface area contributed by atoms with E-state index in [1.165, 1.54) is 18.4 Å². The summed E-state index contributed by atoms with van der Waals surface area (Å²) in [4.78, 5) is 18.4. The third-order valence-electron chi connectivity index (χ3n) is 5.19. The minimum absolute atomic E-state index is 0.279. The Bertz CT molecular complexity index is 580. The standard InChI is InChI=1S/C17H23N3O3/c21-16-20(12-17(23-16)4-8-22-9-5-17)15-10-13(3-7-19-15)14-2-1-6-18-11-14/h3,7,10,14,18H,1-2,4-6,8-9,11-12H2/t14-/m0/s1. The number of hydrogen-bond acceptors (Lipinski definition) is 5. The van der Waals surface area contributed by atoms with Crippen molar-refractivity contribution in [1.29, 1.82) is 0 Å². The zero-order valence-corrected chi connectivity index (χ0v) is 13.3. The van der Waals surface area contributed by atoms with Crippen molar-refractivity contribution in [1.82, 2.24) is 10.3 Å². The van der Waals surface area contributed by atoms with E-state index in [1.54, 1.807) is 4.90 Å². The van der Waals surface area contributed by atoms with Crippen LogP contribution in [0.1, 0.15) is 37.2 Å². The number of nitrogens with one attached hydrogen (secondary N) is 1. The second kappa shape index (κ2) is 6.09. The lowest BCUT2D eigenvalue weighted by Crippen LogP contribution is -2.40. The second-order valence-corrected chi connectivity index (χ2v) is 6.74. The molecule has 0 aromatic carbocycles. The SMILES string of the molecule is O=C1OC2(CCOCC2)CN1c1cc([C@H]2CCCNC2)ccn1. The molecule has 1 N–H and O–H groups in total. The summed E-state index contributed by atoms with van der Waals surface area (Å²) in [6.45, 7) is 3.98. The molecule has 0 bridgehead atoms. The summed E-state index contributed by atoms with van der Waals surface area (Å²) >= 11 is 0. The van der Waals surface area contributed by atoms with Gasteiger partial charge in [-0.3, -0.25) is 4.90 Å². The maximum Gasteiger partial charge on any atom is 0.416 e. The number of amides is 1. The summed E-state index contributed by atoms with van der Waals surface area (Å²) in [7, 11) is 0. The molecule has 1 aromatic heterocycles. The number of aromatic nitrogens is 1. The van der Waals surface area contributed by atoms with Crippen molar-refractivity contribution in [2.75, 3.05) is 37.7 Å². The van der Waals surface area contributed by atoms with Gasteiger partial charge in [-0.05, 0) is 43.0 Å². The molecule has 6 heteroatoms. The van der Waals surface area contributed by atoms with E-state index < -0.39 is 0 Å². The topological polar surface area (TPSA) is 63.7 Å². The van der Waals surface area contributed by atoms with E-state index in [0.717, 1.165) is 25.9 Å². The van der Waals surface area contributed by atoms with E-state index in [-0.39, 0.29) is 11.7 Å². The van der Waals surface area contributed by atoms with Crippen LogP contribution in [0.25, 0.3) is 0 Å². The molecular weight excluding hydrogens is 294 g/mol. The first kappa shape index (κ1) is 14.9. The highest BCUT2D eigenvalue weighted by molar-refractivity contribution is 5.89. The summed E-state index contributed by atoms with van der Waals surface area (Å²) in [5.41, 5.74) is 0.863. The number of anilines is 1. The molecule has 1 amide bonds. The quantitative estimate of drug-likeness (QED) is 0.904. The van der Waals surface area contributed by atoms with Crippen LogP contribution in [0.4, 0.5) is 10.6 Å². The number of carbonyl (C=O) groups excluding carboxylic acids is 1. The van der Waals surface area contributed by atoms with E-state index in [4.69, 9.17) is 9.47 Å². The number of carbonyl (C=O) groups is 1. The van der Waals surface area contributed by atoms with Gasteiger partial charge in [-0.25, -0.2) is 9.78 Å². The van der Waals surface area contributed by atoms with Gasteiger partial charge in [-0.15, -0.1) is 0 Å². The summed E-state index contributed by atoms with van der Waals surface area (Å²) in [5, 5.41) is 3.44. The lowest BCUT2D eigenvalue weighted by molar-refractivity contribution is -0.0431. The molecule has 3 aliphatic heterocycles. The molecule has 6 nitrogen and oxygen atoms in total. The maximum absolute atomic E-state index is 12.3. The van der Waals surface area contributed by atoms with Crippen LogP contribution >= 0.6 is 0 Å². The molecule has 0 saturated carbocycles. The minimum Gasteiger partial charge on any atom is -0.440 e. The Morgan fingerprint density at radius 2 is 2.22 bits per heavy atom. The van der Waals surface area contributed by atoms with Gasteiger partial charge in [0.25, 0.3) is 0 Å². The number of nitrogens with zero attached hydrogens (tertiary/aromatic N) is 2. The molecule has 0 unspecified atom stereocenters. The van der Waals surface area contributed by atoms with Gasteiger partial charge in [0.2, 0.25) is 0 Å². The molecule has 1 aromatic rings. The Labute approximate surface area is 136 Å². The smallest absolute Gasteiger partial charge is 0.416 e. The van der Waals surface area contributed by atoms with E-state index in [1.807, 2.05) is 6.20 Å². The minimum atomic E-state index is -0.389. The molecule has 4 rings (SSSR count). The Hall–Kier alpha value is -1.66. The number of hydrogen-bond donors (Lipinski definition) is 1. The van der Waals surface area contributed by atoms with Crippen molar-refractivity contribution in [3.63, 3.8) is 0 Å². The van der Waals surface area contributed by atoms with E-state index in [2.05, 4.69) is 22.4 Å². The van der Waals surface area contributed by atoms with Gasteiger partial charge in [0.05, 0.1) is 19.8 Å².